The van der Waals surface area contributed by atoms with Crippen molar-refractivity contribution in [1.82, 2.24) is 15.1 Å². The lowest BCUT2D eigenvalue weighted by molar-refractivity contribution is -0.142. The molecule has 10 heteroatoms. The van der Waals surface area contributed by atoms with Crippen LogP contribution < -0.4 is 11.1 Å². The number of aliphatic hydroxyl groups is 1. The topological polar surface area (TPSA) is 133 Å². The summed E-state index contributed by atoms with van der Waals surface area (Å²) in [6.07, 6.45) is 0. The molecule has 0 aliphatic rings. The van der Waals surface area contributed by atoms with Gasteiger partial charge in [-0.1, -0.05) is 15.9 Å². The van der Waals surface area contributed by atoms with Crippen molar-refractivity contribution in [2.45, 2.75) is 38.8 Å². The first-order valence-electron chi connectivity index (χ1n) is 8.58. The molecule has 0 aromatic carbocycles. The second-order valence-corrected chi connectivity index (χ2v) is 7.90. The number of nitrogens with two attached hydrogens (primary N) is 1. The lowest BCUT2D eigenvalue weighted by atomic mass is 9.94. The number of nitrogens with one attached hydrogen (secondary N) is 1. The second-order valence-electron chi connectivity index (χ2n) is 7.33. The summed E-state index contributed by atoms with van der Waals surface area (Å²) in [4.78, 5) is 51.2. The zero-order valence-electron chi connectivity index (χ0n) is 16.7. The molecule has 0 saturated carbocycles. The largest absolute Gasteiger partial charge is 0.383 e. The molecule has 2 amide bonds. The summed E-state index contributed by atoms with van der Waals surface area (Å²) in [6, 6.07) is 0. The van der Waals surface area contributed by atoms with E-state index in [2.05, 4.69) is 21.2 Å². The first-order valence-corrected chi connectivity index (χ1v) is 9.70. The fraction of sp³-hybridized carbons (Fsp3) is 0.765. The molecule has 9 nitrogen and oxygen atoms in total. The van der Waals surface area contributed by atoms with Gasteiger partial charge in [-0.25, -0.2) is 0 Å². The number of likely N-dealkylation sites (N-methyl/N-ethyl adjacent to an activating group) is 1. The quantitative estimate of drug-likeness (QED) is 0.321. The first-order chi connectivity index (χ1) is 12.3. The van der Waals surface area contributed by atoms with Gasteiger partial charge in [0.15, 0.2) is 11.6 Å². The Labute approximate surface area is 168 Å². The van der Waals surface area contributed by atoms with Crippen LogP contribution in [-0.4, -0.2) is 94.5 Å². The van der Waals surface area contributed by atoms with E-state index in [-0.39, 0.29) is 49.7 Å². The van der Waals surface area contributed by atoms with Gasteiger partial charge in [0.25, 0.3) is 0 Å². The average molecular weight is 451 g/mol. The molecular weight excluding hydrogens is 420 g/mol. The standard InChI is InChI=1S/C17H31BrN4O5/c1-16(2,21(5)10-13(24)17(3,4)27)12(23)11-22(7-6-19)15(26)9-20-14(25)8-18/h27H,6-11,19H2,1-5H3,(H,20,25). The Hall–Kier alpha value is -1.36. The molecule has 0 bridgehead atoms. The van der Waals surface area contributed by atoms with Gasteiger partial charge < -0.3 is 21.1 Å². The molecule has 0 heterocycles. The summed E-state index contributed by atoms with van der Waals surface area (Å²) in [7, 11) is 1.60. The van der Waals surface area contributed by atoms with E-state index < -0.39 is 22.8 Å². The predicted molar refractivity (Wildman–Crippen MR) is 105 cm³/mol. The Morgan fingerprint density at radius 3 is 2.07 bits per heavy atom. The van der Waals surface area contributed by atoms with Crippen LogP contribution in [0.1, 0.15) is 27.7 Å². The molecule has 0 radical (unpaired) electrons. The van der Waals surface area contributed by atoms with Gasteiger partial charge >= 0.3 is 0 Å². The summed E-state index contributed by atoms with van der Waals surface area (Å²) in [5.41, 5.74) is 2.98. The van der Waals surface area contributed by atoms with Crippen molar-refractivity contribution in [3.63, 3.8) is 0 Å². The van der Waals surface area contributed by atoms with Crippen LogP contribution in [0.3, 0.4) is 0 Å². The minimum absolute atomic E-state index is 0.0726. The number of hydrogen-bond acceptors (Lipinski definition) is 7. The molecule has 0 aliphatic carbocycles. The van der Waals surface area contributed by atoms with Crippen LogP contribution in [-0.2, 0) is 19.2 Å². The second kappa shape index (κ2) is 10.8. The maximum Gasteiger partial charge on any atom is 0.242 e. The van der Waals surface area contributed by atoms with Crippen LogP contribution >= 0.6 is 15.9 Å². The van der Waals surface area contributed by atoms with Crippen molar-refractivity contribution in [2.24, 2.45) is 5.73 Å². The van der Waals surface area contributed by atoms with E-state index in [1.54, 1.807) is 20.9 Å². The van der Waals surface area contributed by atoms with Crippen LogP contribution in [0.15, 0.2) is 0 Å². The van der Waals surface area contributed by atoms with Crippen molar-refractivity contribution in [1.29, 1.82) is 0 Å². The highest BCUT2D eigenvalue weighted by atomic mass is 79.9. The van der Waals surface area contributed by atoms with E-state index in [9.17, 15) is 24.3 Å². The normalized spacial score (nSPS) is 12.0. The Kier molecular flexibility index (Phi) is 10.3. The van der Waals surface area contributed by atoms with E-state index in [1.807, 2.05) is 0 Å². The van der Waals surface area contributed by atoms with E-state index >= 15 is 0 Å². The van der Waals surface area contributed by atoms with Gasteiger partial charge in [-0.3, -0.25) is 24.1 Å². The van der Waals surface area contributed by atoms with Crippen LogP contribution in [0.2, 0.25) is 0 Å². The van der Waals surface area contributed by atoms with Crippen molar-refractivity contribution in [3.8, 4) is 0 Å². The molecule has 0 aromatic heterocycles. The highest BCUT2D eigenvalue weighted by molar-refractivity contribution is 9.09. The Morgan fingerprint density at radius 1 is 1.07 bits per heavy atom. The van der Waals surface area contributed by atoms with Crippen molar-refractivity contribution in [3.05, 3.63) is 0 Å². The lowest BCUT2D eigenvalue weighted by Crippen LogP contribution is -2.56. The maximum absolute atomic E-state index is 12.8. The number of halogens is 1. The Morgan fingerprint density at radius 2 is 1.63 bits per heavy atom. The number of carbonyl (C=O) groups is 4. The highest BCUT2D eigenvalue weighted by Gasteiger charge is 2.36. The van der Waals surface area contributed by atoms with Crippen LogP contribution in [0, 0.1) is 0 Å². The molecule has 0 spiro atoms. The van der Waals surface area contributed by atoms with Crippen molar-refractivity contribution in [2.75, 3.05) is 45.1 Å². The average Bonchev–Trinajstić information content (AvgIpc) is 2.57. The number of rotatable bonds is 12. The number of carbonyl (C=O) groups excluding carboxylic acids is 4. The summed E-state index contributed by atoms with van der Waals surface area (Å²) in [5.74, 6) is -1.47. The highest BCUT2D eigenvalue weighted by Crippen LogP contribution is 2.16. The molecular formula is C17H31BrN4O5. The lowest BCUT2D eigenvalue weighted by Gasteiger charge is -2.36. The van der Waals surface area contributed by atoms with Gasteiger partial charge in [0.2, 0.25) is 11.8 Å². The van der Waals surface area contributed by atoms with Crippen LogP contribution in [0.25, 0.3) is 0 Å². The molecule has 4 N–H and O–H groups in total. The van der Waals surface area contributed by atoms with Crippen LogP contribution in [0.5, 0.6) is 0 Å². The first kappa shape index (κ1) is 25.6. The van der Waals surface area contributed by atoms with Gasteiger partial charge in [0.1, 0.15) is 5.60 Å². The molecule has 0 unspecified atom stereocenters. The molecule has 0 fully saturated rings. The third-order valence-corrected chi connectivity index (χ3v) is 4.85. The summed E-state index contributed by atoms with van der Waals surface area (Å²) in [5, 5.41) is 12.3. The Balaban J connectivity index is 5.05. The fourth-order valence-corrected chi connectivity index (χ4v) is 2.17. The number of amides is 2. The molecule has 0 aromatic rings. The summed E-state index contributed by atoms with van der Waals surface area (Å²) >= 11 is 2.99. The minimum atomic E-state index is -1.50. The SMILES string of the molecule is CN(CC(=O)C(C)(C)O)C(C)(C)C(=O)CN(CCN)C(=O)CNC(=O)CBr. The minimum Gasteiger partial charge on any atom is -0.383 e. The molecule has 27 heavy (non-hydrogen) atoms. The zero-order chi connectivity index (χ0) is 21.4. The van der Waals surface area contributed by atoms with E-state index in [0.29, 0.717) is 0 Å². The Bertz CT molecular complexity index is 560. The monoisotopic (exact) mass is 450 g/mol. The molecule has 0 saturated heterocycles. The molecule has 0 rings (SSSR count). The third-order valence-electron chi connectivity index (χ3n) is 4.34. The summed E-state index contributed by atoms with van der Waals surface area (Å²) in [6.45, 7) is 5.85. The number of ketones is 2. The number of alkyl halides is 1. The van der Waals surface area contributed by atoms with Crippen molar-refractivity contribution >= 4 is 39.3 Å². The fourth-order valence-electron chi connectivity index (χ4n) is 1.97. The summed E-state index contributed by atoms with van der Waals surface area (Å²) < 4.78 is 0. The van der Waals surface area contributed by atoms with E-state index in [0.717, 1.165) is 0 Å². The predicted octanol–water partition coefficient (Wildman–Crippen LogP) is -1.10. The number of nitrogens with zero attached hydrogens (tertiary/aromatic N) is 2. The van der Waals surface area contributed by atoms with Gasteiger partial charge in [0.05, 0.1) is 30.5 Å². The molecule has 0 aliphatic heterocycles. The molecule has 0 atom stereocenters. The third kappa shape index (κ3) is 8.46. The van der Waals surface area contributed by atoms with Crippen molar-refractivity contribution < 1.29 is 24.3 Å². The van der Waals surface area contributed by atoms with E-state index in [4.69, 9.17) is 5.73 Å². The number of Topliss-reactive ketones (excluding diaryl/α,β-unsaturated/α-hetero) is 2. The smallest absolute Gasteiger partial charge is 0.242 e. The van der Waals surface area contributed by atoms with Crippen LogP contribution in [0.4, 0.5) is 0 Å². The maximum atomic E-state index is 12.8. The molecule has 156 valence electrons. The van der Waals surface area contributed by atoms with E-state index in [1.165, 1.54) is 23.6 Å². The van der Waals surface area contributed by atoms with Gasteiger partial charge in [-0.05, 0) is 34.7 Å². The zero-order valence-corrected chi connectivity index (χ0v) is 18.3. The van der Waals surface area contributed by atoms with Gasteiger partial charge in [-0.15, -0.1) is 0 Å². The van der Waals surface area contributed by atoms with Gasteiger partial charge in [0, 0.05) is 13.1 Å². The van der Waals surface area contributed by atoms with Gasteiger partial charge in [-0.2, -0.15) is 0 Å². The number of hydrogen-bond donors (Lipinski definition) is 3.